The van der Waals surface area contributed by atoms with E-state index in [2.05, 4.69) is 105 Å². The summed E-state index contributed by atoms with van der Waals surface area (Å²) in [4.78, 5) is 2.58. The Morgan fingerprint density at radius 3 is 2.09 bits per heavy atom. The van der Waals surface area contributed by atoms with Crippen LogP contribution in [0.1, 0.15) is 24.0 Å². The molecule has 0 bridgehead atoms. The molecule has 1 heterocycles. The van der Waals surface area contributed by atoms with E-state index in [1.807, 2.05) is 0 Å². The second kappa shape index (κ2) is 14.6. The average molecular weight is 472 g/mol. The van der Waals surface area contributed by atoms with Gasteiger partial charge in [-0.05, 0) is 73.4 Å². The van der Waals surface area contributed by atoms with Gasteiger partial charge in [-0.2, -0.15) is 0 Å². The Labute approximate surface area is 211 Å². The zero-order valence-electron chi connectivity index (χ0n) is 20.9. The number of anilines is 1. The largest absolute Gasteiger partial charge is 0.381 e. The molecule has 0 radical (unpaired) electrons. The van der Waals surface area contributed by atoms with Gasteiger partial charge >= 0.3 is 0 Å². The Morgan fingerprint density at radius 2 is 1.29 bits per heavy atom. The molecular formula is C30H41N5. The van der Waals surface area contributed by atoms with Gasteiger partial charge in [-0.1, -0.05) is 66.7 Å². The molecule has 1 saturated heterocycles. The highest BCUT2D eigenvalue weighted by atomic mass is 15.1. The van der Waals surface area contributed by atoms with Gasteiger partial charge in [0.05, 0.1) is 0 Å². The van der Waals surface area contributed by atoms with Gasteiger partial charge in [0.2, 0.25) is 0 Å². The average Bonchev–Trinajstić information content (AvgIpc) is 2.91. The first-order chi connectivity index (χ1) is 17.4. The van der Waals surface area contributed by atoms with Crippen molar-refractivity contribution in [3.63, 3.8) is 0 Å². The van der Waals surface area contributed by atoms with E-state index in [0.29, 0.717) is 0 Å². The van der Waals surface area contributed by atoms with Crippen LogP contribution in [0.15, 0.2) is 78.9 Å². The van der Waals surface area contributed by atoms with Crippen LogP contribution in [0.4, 0.5) is 5.69 Å². The van der Waals surface area contributed by atoms with Gasteiger partial charge in [0.1, 0.15) is 0 Å². The highest BCUT2D eigenvalue weighted by Crippen LogP contribution is 2.22. The number of rotatable bonds is 6. The van der Waals surface area contributed by atoms with E-state index in [0.717, 1.165) is 71.1 Å². The van der Waals surface area contributed by atoms with Crippen LogP contribution in [-0.2, 0) is 13.1 Å². The van der Waals surface area contributed by atoms with Gasteiger partial charge in [-0.25, -0.2) is 0 Å². The molecule has 0 saturated carbocycles. The van der Waals surface area contributed by atoms with Crippen molar-refractivity contribution in [2.45, 2.75) is 25.9 Å². The highest BCUT2D eigenvalue weighted by Gasteiger charge is 2.07. The third-order valence-corrected chi connectivity index (χ3v) is 6.51. The second-order valence-corrected chi connectivity index (χ2v) is 9.35. The molecular weight excluding hydrogens is 430 g/mol. The zero-order valence-corrected chi connectivity index (χ0v) is 20.9. The van der Waals surface area contributed by atoms with Crippen molar-refractivity contribution in [2.24, 2.45) is 0 Å². The van der Waals surface area contributed by atoms with Crippen molar-refractivity contribution < 1.29 is 0 Å². The van der Waals surface area contributed by atoms with Crippen LogP contribution in [0.25, 0.3) is 11.1 Å². The summed E-state index contributed by atoms with van der Waals surface area (Å²) in [5, 5.41) is 14.3. The molecule has 1 fully saturated rings. The summed E-state index contributed by atoms with van der Waals surface area (Å²) in [6.07, 6.45) is 2.37. The lowest BCUT2D eigenvalue weighted by molar-refractivity contribution is 0.260. The molecule has 5 nitrogen and oxygen atoms in total. The van der Waals surface area contributed by atoms with Crippen molar-refractivity contribution in [1.82, 2.24) is 20.9 Å². The molecule has 186 valence electrons. The minimum absolute atomic E-state index is 0.826. The molecule has 0 spiro atoms. The maximum Gasteiger partial charge on any atom is 0.0400 e. The summed E-state index contributed by atoms with van der Waals surface area (Å²) in [6, 6.07) is 28.3. The molecule has 0 amide bonds. The lowest BCUT2D eigenvalue weighted by Gasteiger charge is -2.23. The second-order valence-electron chi connectivity index (χ2n) is 9.35. The minimum atomic E-state index is 0.826. The summed E-state index contributed by atoms with van der Waals surface area (Å²) in [5.74, 6) is 0. The van der Waals surface area contributed by atoms with Crippen LogP contribution in [0.2, 0.25) is 0 Å². The predicted molar refractivity (Wildman–Crippen MR) is 149 cm³/mol. The van der Waals surface area contributed by atoms with E-state index < -0.39 is 0 Å². The highest BCUT2D eigenvalue weighted by molar-refractivity contribution is 5.68. The molecule has 0 atom stereocenters. The van der Waals surface area contributed by atoms with Crippen molar-refractivity contribution in [3.8, 4) is 11.1 Å². The Morgan fingerprint density at radius 1 is 0.600 bits per heavy atom. The van der Waals surface area contributed by atoms with Gasteiger partial charge in [-0.15, -0.1) is 0 Å². The minimum Gasteiger partial charge on any atom is -0.381 e. The molecule has 3 aromatic rings. The Bertz CT molecular complexity index is 960. The number of nitrogens with zero attached hydrogens (tertiary/aromatic N) is 1. The predicted octanol–water partition coefficient (Wildman–Crippen LogP) is 4.33. The molecule has 0 aliphatic carbocycles. The quantitative estimate of drug-likeness (QED) is 0.431. The fraction of sp³-hybridized carbons (Fsp3) is 0.400. The molecule has 0 unspecified atom stereocenters. The molecule has 35 heavy (non-hydrogen) atoms. The first-order valence-corrected chi connectivity index (χ1v) is 13.2. The first kappa shape index (κ1) is 25.4. The van der Waals surface area contributed by atoms with Crippen LogP contribution in [0.5, 0.6) is 0 Å². The van der Waals surface area contributed by atoms with Gasteiger partial charge in [0, 0.05) is 45.0 Å². The van der Waals surface area contributed by atoms with Gasteiger partial charge in [0.15, 0.2) is 0 Å². The van der Waals surface area contributed by atoms with Crippen molar-refractivity contribution >= 4 is 5.69 Å². The van der Waals surface area contributed by atoms with E-state index in [1.54, 1.807) is 0 Å². The monoisotopic (exact) mass is 471 g/mol. The Balaban J connectivity index is 1.27. The lowest BCUT2D eigenvalue weighted by Crippen LogP contribution is -2.36. The van der Waals surface area contributed by atoms with Gasteiger partial charge < -0.3 is 21.3 Å². The summed E-state index contributed by atoms with van der Waals surface area (Å²) in [7, 11) is 0. The first-order valence-electron chi connectivity index (χ1n) is 13.2. The molecule has 0 aromatic heterocycles. The molecule has 4 rings (SSSR count). The normalized spacial score (nSPS) is 16.9. The standard InChI is InChI=1S/C30H41N5/c1-2-7-28(8-3-1)29-9-4-10-30(23-29)34-24-26-11-13-27(14-12-26)25-35-21-6-17-32-19-18-31-15-5-16-33-20-22-35/h1-4,7-14,23,31-34H,5-6,15-22,24-25H2. The Hall–Kier alpha value is -2.70. The molecule has 3 aromatic carbocycles. The van der Waals surface area contributed by atoms with E-state index in [4.69, 9.17) is 0 Å². The fourth-order valence-corrected chi connectivity index (χ4v) is 4.49. The van der Waals surface area contributed by atoms with Crippen LogP contribution in [0, 0.1) is 0 Å². The summed E-state index contributed by atoms with van der Waals surface area (Å²) >= 11 is 0. The van der Waals surface area contributed by atoms with E-state index in [-0.39, 0.29) is 0 Å². The van der Waals surface area contributed by atoms with E-state index in [1.165, 1.54) is 35.1 Å². The van der Waals surface area contributed by atoms with Gasteiger partial charge in [-0.3, -0.25) is 4.90 Å². The maximum atomic E-state index is 3.61. The number of nitrogens with one attached hydrogen (secondary N) is 4. The van der Waals surface area contributed by atoms with Crippen molar-refractivity contribution in [2.75, 3.05) is 57.7 Å². The number of hydrogen-bond acceptors (Lipinski definition) is 5. The fourth-order valence-electron chi connectivity index (χ4n) is 4.49. The Kier molecular flexibility index (Phi) is 10.6. The van der Waals surface area contributed by atoms with Gasteiger partial charge in [0.25, 0.3) is 0 Å². The molecule has 4 N–H and O–H groups in total. The van der Waals surface area contributed by atoms with Crippen LogP contribution >= 0.6 is 0 Å². The third kappa shape index (κ3) is 9.11. The SMILES string of the molecule is c1ccc(-c2cccc(NCc3ccc(CN4CCCNCCNCCCNCC4)cc3)c2)cc1. The zero-order chi connectivity index (χ0) is 24.0. The van der Waals surface area contributed by atoms with E-state index >= 15 is 0 Å². The smallest absolute Gasteiger partial charge is 0.0400 e. The molecule has 5 heteroatoms. The third-order valence-electron chi connectivity index (χ3n) is 6.51. The maximum absolute atomic E-state index is 3.61. The molecule has 1 aliphatic heterocycles. The number of benzene rings is 3. The number of hydrogen-bond donors (Lipinski definition) is 4. The summed E-state index contributed by atoms with van der Waals surface area (Å²) < 4.78 is 0. The summed E-state index contributed by atoms with van der Waals surface area (Å²) in [5.41, 5.74) is 6.33. The van der Waals surface area contributed by atoms with Crippen LogP contribution < -0.4 is 21.3 Å². The lowest BCUT2D eigenvalue weighted by atomic mass is 10.1. The van der Waals surface area contributed by atoms with E-state index in [9.17, 15) is 0 Å². The van der Waals surface area contributed by atoms with Crippen molar-refractivity contribution in [1.29, 1.82) is 0 Å². The molecule has 1 aliphatic rings. The topological polar surface area (TPSA) is 51.4 Å². The summed E-state index contributed by atoms with van der Waals surface area (Å²) in [6.45, 7) is 10.5. The van der Waals surface area contributed by atoms with Crippen LogP contribution in [-0.4, -0.2) is 57.3 Å². The van der Waals surface area contributed by atoms with Crippen LogP contribution in [0.3, 0.4) is 0 Å². The van der Waals surface area contributed by atoms with Crippen molar-refractivity contribution in [3.05, 3.63) is 90.0 Å².